The Balaban J connectivity index is 2.85. The van der Waals surface area contributed by atoms with Gasteiger partial charge < -0.3 is 5.32 Å². The first-order chi connectivity index (χ1) is 9.34. The molecule has 0 heterocycles. The first kappa shape index (κ1) is 15.6. The Bertz CT molecular complexity index is 604. The molecular weight excluding hydrogens is 269 g/mol. The van der Waals surface area contributed by atoms with Crippen molar-refractivity contribution in [2.75, 3.05) is 6.54 Å². The lowest BCUT2D eigenvalue weighted by atomic mass is 10.0. The van der Waals surface area contributed by atoms with E-state index in [9.17, 15) is 18.0 Å². The zero-order chi connectivity index (χ0) is 15.2. The smallest absolute Gasteiger partial charge is 0.355 e. The number of nitrogens with zero attached hydrogens (tertiary/aromatic N) is 1. The van der Waals surface area contributed by atoms with Crippen LogP contribution in [0.1, 0.15) is 30.0 Å². The van der Waals surface area contributed by atoms with Crippen LogP contribution in [-0.2, 0) is 11.0 Å². The molecule has 0 aliphatic heterocycles. The van der Waals surface area contributed by atoms with Crippen LogP contribution in [0.2, 0.25) is 0 Å². The molecule has 1 N–H and O–H groups in total. The number of rotatable bonds is 2. The van der Waals surface area contributed by atoms with Crippen molar-refractivity contribution in [1.29, 1.82) is 5.26 Å². The summed E-state index contributed by atoms with van der Waals surface area (Å²) < 4.78 is 37.4. The van der Waals surface area contributed by atoms with Crippen molar-refractivity contribution < 1.29 is 18.0 Å². The summed E-state index contributed by atoms with van der Waals surface area (Å²) >= 11 is 0. The number of amides is 1. The molecule has 0 unspecified atom stereocenters. The third-order valence-corrected chi connectivity index (χ3v) is 2.31. The van der Waals surface area contributed by atoms with E-state index in [2.05, 4.69) is 17.2 Å². The highest BCUT2D eigenvalue weighted by atomic mass is 19.4. The van der Waals surface area contributed by atoms with Crippen molar-refractivity contribution in [2.24, 2.45) is 0 Å². The number of nitrogens with one attached hydrogen (secondary N) is 1. The van der Waals surface area contributed by atoms with E-state index in [0.717, 1.165) is 12.1 Å². The Hall–Kier alpha value is -2.47. The first-order valence-electron chi connectivity index (χ1n) is 5.69. The summed E-state index contributed by atoms with van der Waals surface area (Å²) in [5.74, 6) is 5.14. The predicted octanol–water partition coefficient (Wildman–Crippen LogP) is 2.45. The summed E-state index contributed by atoms with van der Waals surface area (Å²) in [6.07, 6.45) is -4.13. The molecule has 1 aromatic rings. The molecule has 6 heteroatoms. The van der Waals surface area contributed by atoms with Crippen molar-refractivity contribution in [3.05, 3.63) is 34.9 Å². The van der Waals surface area contributed by atoms with E-state index in [-0.39, 0.29) is 17.0 Å². The second kappa shape index (κ2) is 6.63. The van der Waals surface area contributed by atoms with Gasteiger partial charge in [0.1, 0.15) is 6.07 Å². The summed E-state index contributed by atoms with van der Waals surface area (Å²) in [5.41, 5.74) is -0.756. The van der Waals surface area contributed by atoms with E-state index in [4.69, 9.17) is 5.26 Å². The van der Waals surface area contributed by atoms with E-state index < -0.39 is 11.7 Å². The molecule has 0 saturated heterocycles. The van der Waals surface area contributed by atoms with Crippen molar-refractivity contribution in [2.45, 2.75) is 19.5 Å². The Morgan fingerprint density at radius 2 is 2.05 bits per heavy atom. The van der Waals surface area contributed by atoms with Crippen LogP contribution in [0.25, 0.3) is 0 Å². The van der Waals surface area contributed by atoms with Crippen LogP contribution in [0.3, 0.4) is 0 Å². The Labute approximate surface area is 114 Å². The molecule has 1 rings (SSSR count). The van der Waals surface area contributed by atoms with E-state index >= 15 is 0 Å². The lowest BCUT2D eigenvalue weighted by Gasteiger charge is -2.07. The van der Waals surface area contributed by atoms with Gasteiger partial charge in [-0.2, -0.15) is 18.4 Å². The SMILES string of the molecule is CC(=O)NCCC#Cc1ccc(C(F)(F)F)cc1C#N. The van der Waals surface area contributed by atoms with Crippen molar-refractivity contribution in [3.63, 3.8) is 0 Å². The van der Waals surface area contributed by atoms with Gasteiger partial charge in [0.25, 0.3) is 0 Å². The van der Waals surface area contributed by atoms with E-state index in [1.54, 1.807) is 6.07 Å². The number of carbonyl (C=O) groups is 1. The molecular formula is C14H11F3N2O. The maximum Gasteiger partial charge on any atom is 0.416 e. The van der Waals surface area contributed by atoms with Gasteiger partial charge in [0.15, 0.2) is 0 Å². The Kier molecular flexibility index (Phi) is 5.16. The lowest BCUT2D eigenvalue weighted by molar-refractivity contribution is -0.137. The van der Waals surface area contributed by atoms with Crippen LogP contribution < -0.4 is 5.32 Å². The standard InChI is InChI=1S/C14H11F3N2O/c1-10(20)19-7-3-2-4-11-5-6-13(14(15,16)17)8-12(11)9-18/h5-6,8H,3,7H2,1H3,(H,19,20). The molecule has 0 radical (unpaired) electrons. The van der Waals surface area contributed by atoms with Crippen LogP contribution >= 0.6 is 0 Å². The number of carbonyl (C=O) groups excluding carboxylic acids is 1. The van der Waals surface area contributed by atoms with Gasteiger partial charge in [-0.15, -0.1) is 0 Å². The van der Waals surface area contributed by atoms with Crippen LogP contribution in [0.15, 0.2) is 18.2 Å². The van der Waals surface area contributed by atoms with Gasteiger partial charge in [0.2, 0.25) is 5.91 Å². The average molecular weight is 280 g/mol. The van der Waals surface area contributed by atoms with E-state index in [1.807, 2.05) is 0 Å². The van der Waals surface area contributed by atoms with Gasteiger partial charge in [0, 0.05) is 25.5 Å². The second-order valence-corrected chi connectivity index (χ2v) is 3.90. The summed E-state index contributed by atoms with van der Waals surface area (Å²) in [5, 5.41) is 11.4. The minimum atomic E-state index is -4.48. The highest BCUT2D eigenvalue weighted by molar-refractivity contribution is 5.72. The molecule has 0 aliphatic rings. The molecule has 0 aliphatic carbocycles. The molecule has 0 aromatic heterocycles. The number of hydrogen-bond donors (Lipinski definition) is 1. The molecule has 0 spiro atoms. The van der Waals surface area contributed by atoms with Gasteiger partial charge in [-0.1, -0.05) is 11.8 Å². The number of hydrogen-bond acceptors (Lipinski definition) is 2. The Morgan fingerprint density at radius 1 is 1.35 bits per heavy atom. The number of nitriles is 1. The third kappa shape index (κ3) is 4.66. The highest BCUT2D eigenvalue weighted by Crippen LogP contribution is 2.30. The van der Waals surface area contributed by atoms with Crippen molar-refractivity contribution >= 4 is 5.91 Å². The van der Waals surface area contributed by atoms with Gasteiger partial charge in [-0.25, -0.2) is 0 Å². The minimum Gasteiger partial charge on any atom is -0.355 e. The average Bonchev–Trinajstić information content (AvgIpc) is 2.36. The zero-order valence-electron chi connectivity index (χ0n) is 10.6. The molecule has 3 nitrogen and oxygen atoms in total. The summed E-state index contributed by atoms with van der Waals surface area (Å²) in [7, 11) is 0. The fourth-order valence-electron chi connectivity index (χ4n) is 1.38. The molecule has 0 atom stereocenters. The monoisotopic (exact) mass is 280 g/mol. The number of alkyl halides is 3. The molecule has 0 bridgehead atoms. The normalized spacial score (nSPS) is 10.2. The van der Waals surface area contributed by atoms with Gasteiger partial charge in [0.05, 0.1) is 11.1 Å². The maximum absolute atomic E-state index is 12.5. The molecule has 0 fully saturated rings. The van der Waals surface area contributed by atoms with Crippen molar-refractivity contribution in [3.8, 4) is 17.9 Å². The highest BCUT2D eigenvalue weighted by Gasteiger charge is 2.30. The fraction of sp³-hybridized carbons (Fsp3) is 0.286. The predicted molar refractivity (Wildman–Crippen MR) is 66.3 cm³/mol. The zero-order valence-corrected chi connectivity index (χ0v) is 10.6. The van der Waals surface area contributed by atoms with Crippen LogP contribution in [0, 0.1) is 23.2 Å². The largest absolute Gasteiger partial charge is 0.416 e. The van der Waals surface area contributed by atoms with E-state index in [0.29, 0.717) is 13.0 Å². The van der Waals surface area contributed by atoms with Gasteiger partial charge >= 0.3 is 6.18 Å². The maximum atomic E-state index is 12.5. The summed E-state index contributed by atoms with van der Waals surface area (Å²) in [6, 6.07) is 4.53. The number of benzene rings is 1. The summed E-state index contributed by atoms with van der Waals surface area (Å²) in [4.78, 5) is 10.6. The van der Waals surface area contributed by atoms with Crippen molar-refractivity contribution in [1.82, 2.24) is 5.32 Å². The summed E-state index contributed by atoms with van der Waals surface area (Å²) in [6.45, 7) is 1.72. The molecule has 1 amide bonds. The first-order valence-corrected chi connectivity index (χ1v) is 5.69. The topological polar surface area (TPSA) is 52.9 Å². The second-order valence-electron chi connectivity index (χ2n) is 3.90. The molecule has 0 saturated carbocycles. The van der Waals surface area contributed by atoms with Crippen LogP contribution in [0.5, 0.6) is 0 Å². The quantitative estimate of drug-likeness (QED) is 0.668. The lowest BCUT2D eigenvalue weighted by Crippen LogP contribution is -2.20. The Morgan fingerprint density at radius 3 is 2.60 bits per heavy atom. The number of halogens is 3. The molecule has 1 aromatic carbocycles. The fourth-order valence-corrected chi connectivity index (χ4v) is 1.38. The molecule has 20 heavy (non-hydrogen) atoms. The molecule has 104 valence electrons. The van der Waals surface area contributed by atoms with Crippen LogP contribution in [-0.4, -0.2) is 12.5 Å². The third-order valence-electron chi connectivity index (χ3n) is 2.31. The van der Waals surface area contributed by atoms with Crippen LogP contribution in [0.4, 0.5) is 13.2 Å². The minimum absolute atomic E-state index is 0.119. The van der Waals surface area contributed by atoms with Gasteiger partial charge in [-0.05, 0) is 18.2 Å². The van der Waals surface area contributed by atoms with E-state index in [1.165, 1.54) is 13.0 Å². The van der Waals surface area contributed by atoms with Gasteiger partial charge in [-0.3, -0.25) is 4.79 Å².